The molecule has 3 aromatic rings. The second-order valence-electron chi connectivity index (χ2n) is 6.57. The summed E-state index contributed by atoms with van der Waals surface area (Å²) in [4.78, 5) is 26.9. The highest BCUT2D eigenvalue weighted by atomic mass is 79.9. The summed E-state index contributed by atoms with van der Waals surface area (Å²) in [6, 6.07) is 13.4. The van der Waals surface area contributed by atoms with Crippen LogP contribution in [0.4, 0.5) is 5.82 Å². The SMILES string of the molecule is Cc1cc(N2C(=O)C(=O)/C(=C(/O)c3ccc(Br)cc3)C2c2cccc(O)c2)no1. The van der Waals surface area contributed by atoms with Crippen molar-refractivity contribution in [3.8, 4) is 5.75 Å². The molecule has 2 N–H and O–H groups in total. The number of Topliss-reactive ketones (excluding diaryl/α,β-unsaturated/α-hetero) is 1. The zero-order chi connectivity index (χ0) is 20.7. The third-order valence-electron chi connectivity index (χ3n) is 4.61. The number of aromatic hydroxyl groups is 1. The number of amides is 1. The first-order valence-corrected chi connectivity index (χ1v) is 9.45. The van der Waals surface area contributed by atoms with Gasteiger partial charge < -0.3 is 14.7 Å². The fourth-order valence-electron chi connectivity index (χ4n) is 3.31. The number of aryl methyl sites for hydroxylation is 1. The molecule has 1 aliphatic rings. The van der Waals surface area contributed by atoms with Crippen molar-refractivity contribution in [3.05, 3.63) is 81.5 Å². The minimum atomic E-state index is -0.977. The van der Waals surface area contributed by atoms with E-state index < -0.39 is 17.7 Å². The number of hydrogen-bond donors (Lipinski definition) is 2. The summed E-state index contributed by atoms with van der Waals surface area (Å²) in [7, 11) is 0. The number of aliphatic hydroxyl groups is 1. The molecular formula is C21H15BrN2O5. The summed E-state index contributed by atoms with van der Waals surface area (Å²) in [5, 5.41) is 24.7. The van der Waals surface area contributed by atoms with Crippen molar-refractivity contribution in [2.75, 3.05) is 4.90 Å². The molecule has 1 fully saturated rings. The van der Waals surface area contributed by atoms with Gasteiger partial charge in [0.05, 0.1) is 11.6 Å². The first-order chi connectivity index (χ1) is 13.9. The molecule has 1 unspecified atom stereocenters. The van der Waals surface area contributed by atoms with Crippen LogP contribution in [-0.4, -0.2) is 27.1 Å². The van der Waals surface area contributed by atoms with Gasteiger partial charge in [-0.05, 0) is 36.8 Å². The number of rotatable bonds is 3. The zero-order valence-electron chi connectivity index (χ0n) is 15.2. The highest BCUT2D eigenvalue weighted by molar-refractivity contribution is 9.10. The largest absolute Gasteiger partial charge is 0.508 e. The minimum Gasteiger partial charge on any atom is -0.508 e. The van der Waals surface area contributed by atoms with Crippen LogP contribution in [0.25, 0.3) is 5.76 Å². The van der Waals surface area contributed by atoms with E-state index in [-0.39, 0.29) is 22.9 Å². The molecule has 1 atom stereocenters. The van der Waals surface area contributed by atoms with Crippen LogP contribution in [0.5, 0.6) is 5.75 Å². The second-order valence-corrected chi connectivity index (χ2v) is 7.48. The molecule has 1 aliphatic heterocycles. The van der Waals surface area contributed by atoms with Crippen LogP contribution >= 0.6 is 15.9 Å². The van der Waals surface area contributed by atoms with Crippen molar-refractivity contribution in [2.24, 2.45) is 0 Å². The molecule has 2 aromatic carbocycles. The summed E-state index contributed by atoms with van der Waals surface area (Å²) in [6.45, 7) is 1.66. The number of anilines is 1. The number of hydrogen-bond acceptors (Lipinski definition) is 6. The lowest BCUT2D eigenvalue weighted by atomic mass is 9.95. The Kier molecular flexibility index (Phi) is 4.71. The van der Waals surface area contributed by atoms with Gasteiger partial charge in [-0.2, -0.15) is 0 Å². The third-order valence-corrected chi connectivity index (χ3v) is 5.14. The van der Waals surface area contributed by atoms with Crippen LogP contribution in [0, 0.1) is 6.92 Å². The molecule has 1 saturated heterocycles. The lowest BCUT2D eigenvalue weighted by Gasteiger charge is -2.22. The number of phenolic OH excluding ortho intramolecular Hbond substituents is 1. The van der Waals surface area contributed by atoms with Crippen LogP contribution in [0.1, 0.15) is 22.9 Å². The molecule has 0 aliphatic carbocycles. The van der Waals surface area contributed by atoms with E-state index in [4.69, 9.17) is 4.52 Å². The molecule has 29 heavy (non-hydrogen) atoms. The summed E-state index contributed by atoms with van der Waals surface area (Å²) in [5.74, 6) is -1.43. The minimum absolute atomic E-state index is 0.0342. The van der Waals surface area contributed by atoms with Crippen LogP contribution in [0.15, 0.2) is 69.2 Å². The van der Waals surface area contributed by atoms with E-state index in [0.29, 0.717) is 16.9 Å². The highest BCUT2D eigenvalue weighted by Crippen LogP contribution is 2.42. The fraction of sp³-hybridized carbons (Fsp3) is 0.0952. The Balaban J connectivity index is 1.95. The summed E-state index contributed by atoms with van der Waals surface area (Å²) >= 11 is 3.33. The van der Waals surface area contributed by atoms with E-state index in [0.717, 1.165) is 9.37 Å². The van der Waals surface area contributed by atoms with Gasteiger partial charge in [-0.25, -0.2) is 0 Å². The Labute approximate surface area is 174 Å². The van der Waals surface area contributed by atoms with E-state index in [1.165, 1.54) is 18.2 Å². The van der Waals surface area contributed by atoms with Crippen molar-refractivity contribution >= 4 is 39.2 Å². The predicted molar refractivity (Wildman–Crippen MR) is 108 cm³/mol. The standard InChI is InChI=1S/C21H15BrN2O5/c1-11-9-16(23-29-11)24-18(13-3-2-4-15(25)10-13)17(20(27)21(24)28)19(26)12-5-7-14(22)8-6-12/h2-10,18,25-26H,1H3/b19-17+. The van der Waals surface area contributed by atoms with Crippen LogP contribution in [0.3, 0.4) is 0 Å². The summed E-state index contributed by atoms with van der Waals surface area (Å²) in [6.07, 6.45) is 0. The second kappa shape index (κ2) is 7.21. The first-order valence-electron chi connectivity index (χ1n) is 8.66. The van der Waals surface area contributed by atoms with Gasteiger partial charge in [0.25, 0.3) is 5.78 Å². The van der Waals surface area contributed by atoms with Crippen molar-refractivity contribution in [1.82, 2.24) is 5.16 Å². The Morgan fingerprint density at radius 1 is 1.14 bits per heavy atom. The Morgan fingerprint density at radius 2 is 1.86 bits per heavy atom. The van der Waals surface area contributed by atoms with Crippen molar-refractivity contribution in [2.45, 2.75) is 13.0 Å². The number of aromatic nitrogens is 1. The Morgan fingerprint density at radius 3 is 2.48 bits per heavy atom. The molecular weight excluding hydrogens is 440 g/mol. The highest BCUT2D eigenvalue weighted by Gasteiger charge is 2.48. The van der Waals surface area contributed by atoms with Crippen molar-refractivity contribution < 1.29 is 24.3 Å². The molecule has 1 amide bonds. The number of halogens is 1. The third kappa shape index (κ3) is 3.31. The van der Waals surface area contributed by atoms with Crippen LogP contribution in [0.2, 0.25) is 0 Å². The number of phenols is 1. The van der Waals surface area contributed by atoms with Gasteiger partial charge in [0, 0.05) is 16.1 Å². The van der Waals surface area contributed by atoms with Gasteiger partial charge in [0.15, 0.2) is 5.82 Å². The molecule has 1 aromatic heterocycles. The van der Waals surface area contributed by atoms with Gasteiger partial charge in [0.2, 0.25) is 0 Å². The maximum absolute atomic E-state index is 12.9. The average Bonchev–Trinajstić information content (AvgIpc) is 3.23. The normalized spacial score (nSPS) is 18.4. The molecule has 0 spiro atoms. The van der Waals surface area contributed by atoms with Gasteiger partial charge >= 0.3 is 5.91 Å². The van der Waals surface area contributed by atoms with Gasteiger partial charge in [-0.1, -0.05) is 45.4 Å². The summed E-state index contributed by atoms with van der Waals surface area (Å²) < 4.78 is 5.88. The molecule has 0 bridgehead atoms. The van der Waals surface area contributed by atoms with E-state index in [1.807, 2.05) is 0 Å². The van der Waals surface area contributed by atoms with Gasteiger partial charge in [-0.3, -0.25) is 14.5 Å². The lowest BCUT2D eigenvalue weighted by molar-refractivity contribution is -0.132. The number of aliphatic hydroxyl groups excluding tert-OH is 1. The maximum atomic E-state index is 12.9. The van der Waals surface area contributed by atoms with Gasteiger partial charge in [0.1, 0.15) is 17.3 Å². The average molecular weight is 455 g/mol. The topological polar surface area (TPSA) is 104 Å². The van der Waals surface area contributed by atoms with E-state index in [2.05, 4.69) is 21.1 Å². The van der Waals surface area contributed by atoms with Crippen LogP contribution in [-0.2, 0) is 9.59 Å². The Hall–Kier alpha value is -3.39. The smallest absolute Gasteiger partial charge is 0.301 e. The van der Waals surface area contributed by atoms with E-state index in [9.17, 15) is 19.8 Å². The van der Waals surface area contributed by atoms with Crippen molar-refractivity contribution in [3.63, 3.8) is 0 Å². The Bertz CT molecular complexity index is 1150. The summed E-state index contributed by atoms with van der Waals surface area (Å²) in [5.41, 5.74) is 0.736. The zero-order valence-corrected chi connectivity index (χ0v) is 16.8. The number of carbonyl (C=O) groups excluding carboxylic acids is 2. The molecule has 7 nitrogen and oxygen atoms in total. The van der Waals surface area contributed by atoms with E-state index >= 15 is 0 Å². The molecule has 0 radical (unpaired) electrons. The monoisotopic (exact) mass is 454 g/mol. The molecule has 146 valence electrons. The number of ketones is 1. The molecule has 2 heterocycles. The predicted octanol–water partition coefficient (Wildman–Crippen LogP) is 4.08. The maximum Gasteiger partial charge on any atom is 0.301 e. The quantitative estimate of drug-likeness (QED) is 0.351. The van der Waals surface area contributed by atoms with Gasteiger partial charge in [-0.15, -0.1) is 0 Å². The van der Waals surface area contributed by atoms with Crippen LogP contribution < -0.4 is 4.90 Å². The molecule has 8 heteroatoms. The lowest BCUT2D eigenvalue weighted by Crippen LogP contribution is -2.29. The fourth-order valence-corrected chi connectivity index (χ4v) is 3.57. The van der Waals surface area contributed by atoms with Crippen molar-refractivity contribution in [1.29, 1.82) is 0 Å². The van der Waals surface area contributed by atoms with E-state index in [1.54, 1.807) is 43.3 Å². The number of nitrogens with zero attached hydrogens (tertiary/aromatic N) is 2. The number of benzene rings is 2. The molecule has 0 saturated carbocycles. The number of carbonyl (C=O) groups is 2. The first kappa shape index (κ1) is 18.9. The molecule has 4 rings (SSSR count).